The summed E-state index contributed by atoms with van der Waals surface area (Å²) in [5.74, 6) is -1.17. The highest BCUT2D eigenvalue weighted by molar-refractivity contribution is 8.25. The Hall–Kier alpha value is -8.38. The third kappa shape index (κ3) is 17.6. The van der Waals surface area contributed by atoms with Gasteiger partial charge in [0.05, 0.1) is 103 Å². The van der Waals surface area contributed by atoms with E-state index in [0.717, 1.165) is 84.9 Å². The SMILES string of the molecule is [C-]#[N+]/C(C#N)=C1/Sc2c(OC(=O)C3CCC(C4CCC(C(=O)Oc5cc(C(C)(C)C)c(OC(=O)c6ccc(OCCCCOC(=O)C=C)cc6)c6c5S/C(=C(/C#N)[N+]#[C-])S6)CC4)CC3)cc(C(C)(C)C)c(OC(=O)c3ccc(OCCCCOC(=O)C=C)cc3)c2S1. The quantitative estimate of drug-likeness (QED) is 0.0168. The molecule has 0 aromatic heterocycles. The molecule has 18 nitrogen and oxygen atoms in total. The van der Waals surface area contributed by atoms with Crippen LogP contribution in [0, 0.1) is 59.5 Å². The van der Waals surface area contributed by atoms with Gasteiger partial charge in [-0.15, -0.1) is 0 Å². The zero-order chi connectivity index (χ0) is 66.3. The number of hydrogen-bond acceptors (Lipinski definition) is 20. The van der Waals surface area contributed by atoms with E-state index in [1.54, 1.807) is 60.7 Å². The average Bonchev–Trinajstić information content (AvgIpc) is 1.52. The monoisotopic (exact) mass is 1320 g/mol. The van der Waals surface area contributed by atoms with E-state index in [4.69, 9.17) is 51.0 Å². The number of carbonyl (C=O) groups excluding carboxylic acids is 6. The van der Waals surface area contributed by atoms with Gasteiger partial charge in [0.2, 0.25) is 0 Å². The van der Waals surface area contributed by atoms with Gasteiger partial charge >= 0.3 is 35.8 Å². The predicted molar refractivity (Wildman–Crippen MR) is 349 cm³/mol. The zero-order valence-corrected chi connectivity index (χ0v) is 55.4. The fourth-order valence-electron chi connectivity index (χ4n) is 10.8. The molecule has 0 atom stereocenters. The molecule has 0 N–H and O–H groups in total. The molecule has 2 fully saturated rings. The lowest BCUT2D eigenvalue weighted by Gasteiger charge is -2.36. The maximum Gasteiger partial charge on any atom is 0.343 e. The van der Waals surface area contributed by atoms with Gasteiger partial charge in [-0.1, -0.05) is 102 Å². The third-order valence-corrected chi connectivity index (χ3v) is 21.0. The molecule has 8 rings (SSSR count). The fraction of sp³-hybridized carbons (Fsp3) is 0.400. The van der Waals surface area contributed by atoms with Crippen molar-refractivity contribution in [3.05, 3.63) is 151 Å². The first-order chi connectivity index (χ1) is 44.1. The van der Waals surface area contributed by atoms with E-state index >= 15 is 0 Å². The van der Waals surface area contributed by atoms with Crippen molar-refractivity contribution >= 4 is 82.9 Å². The Balaban J connectivity index is 0.896. The number of fused-ring (bicyclic) bond motifs is 2. The predicted octanol–water partition coefficient (Wildman–Crippen LogP) is 16.2. The van der Waals surface area contributed by atoms with E-state index in [-0.39, 0.29) is 58.7 Å². The van der Waals surface area contributed by atoms with Crippen LogP contribution in [0.3, 0.4) is 0 Å². The molecule has 0 radical (unpaired) electrons. The smallest absolute Gasteiger partial charge is 0.343 e. The molecule has 0 unspecified atom stereocenters. The molecule has 4 aromatic carbocycles. The lowest BCUT2D eigenvalue weighted by Crippen LogP contribution is -2.32. The number of benzene rings is 4. The third-order valence-electron chi connectivity index (χ3n) is 15.8. The van der Waals surface area contributed by atoms with Crippen LogP contribution in [0.5, 0.6) is 34.5 Å². The lowest BCUT2D eigenvalue weighted by molar-refractivity contribution is -0.142. The van der Waals surface area contributed by atoms with Gasteiger partial charge in [0.15, 0.2) is 0 Å². The van der Waals surface area contributed by atoms with Crippen LogP contribution >= 0.6 is 47.0 Å². The van der Waals surface area contributed by atoms with Crippen LogP contribution in [0.2, 0.25) is 0 Å². The average molecular weight is 1320 g/mol. The number of esters is 6. The van der Waals surface area contributed by atoms with Crippen LogP contribution in [0.15, 0.2) is 125 Å². The summed E-state index contributed by atoms with van der Waals surface area (Å²) in [6, 6.07) is 20.4. The van der Waals surface area contributed by atoms with Crippen molar-refractivity contribution in [2.24, 2.45) is 23.7 Å². The summed E-state index contributed by atoms with van der Waals surface area (Å²) in [6.45, 7) is 35.1. The van der Waals surface area contributed by atoms with Crippen LogP contribution in [0.4, 0.5) is 0 Å². The molecule has 4 aliphatic rings. The molecule has 478 valence electrons. The van der Waals surface area contributed by atoms with E-state index in [0.29, 0.717) is 127 Å². The first kappa shape index (κ1) is 69.5. The second-order valence-electron chi connectivity index (χ2n) is 24.2. The lowest BCUT2D eigenvalue weighted by atomic mass is 9.69. The van der Waals surface area contributed by atoms with Crippen molar-refractivity contribution in [2.75, 3.05) is 26.4 Å². The van der Waals surface area contributed by atoms with Crippen molar-refractivity contribution in [2.45, 2.75) is 149 Å². The van der Waals surface area contributed by atoms with Crippen molar-refractivity contribution in [3.8, 4) is 46.6 Å². The Bertz CT molecular complexity index is 3490. The molecular weight excluding hydrogens is 1250 g/mol. The number of unbranched alkanes of at least 4 members (excludes halogenated alkanes) is 2. The van der Waals surface area contributed by atoms with Crippen LogP contribution in [0.25, 0.3) is 9.69 Å². The summed E-state index contributed by atoms with van der Waals surface area (Å²) in [7, 11) is 0. The van der Waals surface area contributed by atoms with Crippen LogP contribution in [0.1, 0.15) is 150 Å². The van der Waals surface area contributed by atoms with Crippen LogP contribution in [-0.2, 0) is 39.5 Å². The first-order valence-electron chi connectivity index (χ1n) is 30.2. The second kappa shape index (κ2) is 31.8. The number of carbonyl (C=O) groups is 6. The molecule has 2 aliphatic heterocycles. The number of rotatable bonds is 23. The number of ether oxygens (including phenoxy) is 8. The minimum atomic E-state index is -0.649. The van der Waals surface area contributed by atoms with Gasteiger partial charge in [-0.05, 0) is 160 Å². The van der Waals surface area contributed by atoms with Gasteiger partial charge in [-0.25, -0.2) is 39.4 Å². The molecule has 92 heavy (non-hydrogen) atoms. The van der Waals surface area contributed by atoms with Crippen molar-refractivity contribution in [3.63, 3.8) is 0 Å². The summed E-state index contributed by atoms with van der Waals surface area (Å²) in [5, 5.41) is 19.9. The topological polar surface area (TPSA) is 233 Å². The number of hydrogen-bond donors (Lipinski definition) is 0. The molecular formula is C70H70N4O14S4. The Morgan fingerprint density at radius 2 is 0.859 bits per heavy atom. The largest absolute Gasteiger partial charge is 0.494 e. The molecule has 0 spiro atoms. The minimum Gasteiger partial charge on any atom is -0.494 e. The van der Waals surface area contributed by atoms with E-state index in [2.05, 4.69) is 22.8 Å². The minimum absolute atomic E-state index is 0.145. The maximum absolute atomic E-state index is 14.3. The maximum atomic E-state index is 14.3. The van der Waals surface area contributed by atoms with E-state index in [9.17, 15) is 39.3 Å². The molecule has 2 saturated carbocycles. The number of nitriles is 2. The molecule has 4 aromatic rings. The number of allylic oxidation sites excluding steroid dienone is 2. The van der Waals surface area contributed by atoms with Crippen molar-refractivity contribution in [1.82, 2.24) is 0 Å². The van der Waals surface area contributed by atoms with Gasteiger partial charge in [0, 0.05) is 23.3 Å². The van der Waals surface area contributed by atoms with E-state index in [1.165, 1.54) is 0 Å². The van der Waals surface area contributed by atoms with Crippen LogP contribution < -0.4 is 28.4 Å². The van der Waals surface area contributed by atoms with E-state index < -0.39 is 58.5 Å². The standard InChI is InChI=1S/C70H70N4O14S4/c1-11-55(75)83-35-15-13-33-81-47-29-25-45(26-30-47)65(79)87-57-49(69(3,4)5)37-53(59-61(57)91-67(89-59)51(39-71)73-9)85-63(77)43-21-17-41(18-22-43)42-19-23-44(24-20-42)64(78)86-54-38-50(70(6,7)8)58(62-60(54)90-68(92-62)52(40-72)74-10)88-66(80)46-27-31-48(32-28-46)82-34-14-16-36-84-56(76)12-2/h11-12,25-32,37-38,41-44H,1-2,13-24,33-36H2,3-8H3/b67-51-,68-52+. The van der Waals surface area contributed by atoms with Gasteiger partial charge in [-0.3, -0.25) is 9.59 Å². The summed E-state index contributed by atoms with van der Waals surface area (Å²) in [4.78, 5) is 87.7. The normalized spacial score (nSPS) is 18.5. The Morgan fingerprint density at radius 1 is 0.522 bits per heavy atom. The highest BCUT2D eigenvalue weighted by atomic mass is 32.2. The Kier molecular flexibility index (Phi) is 24.0. The molecule has 2 heterocycles. The van der Waals surface area contributed by atoms with Gasteiger partial charge in [0.25, 0.3) is 11.4 Å². The Morgan fingerprint density at radius 3 is 1.17 bits per heavy atom. The van der Waals surface area contributed by atoms with Gasteiger partial charge in [0.1, 0.15) is 34.5 Å². The zero-order valence-electron chi connectivity index (χ0n) is 52.1. The summed E-state index contributed by atoms with van der Waals surface area (Å²) in [6.07, 6.45) is 10.2. The summed E-state index contributed by atoms with van der Waals surface area (Å²) < 4.78 is 47.5. The molecule has 2 aliphatic carbocycles. The van der Waals surface area contributed by atoms with Crippen molar-refractivity contribution < 1.29 is 66.7 Å². The number of thioether (sulfide) groups is 4. The first-order valence-corrected chi connectivity index (χ1v) is 33.4. The van der Waals surface area contributed by atoms with E-state index in [1.807, 2.05) is 53.7 Å². The second-order valence-corrected chi connectivity index (χ2v) is 28.8. The Labute approximate surface area is 553 Å². The fourth-order valence-corrected chi connectivity index (χ4v) is 15.8. The highest BCUT2D eigenvalue weighted by Gasteiger charge is 2.41. The molecule has 0 bridgehead atoms. The van der Waals surface area contributed by atoms with Gasteiger partial charge in [-0.2, -0.15) is 0 Å². The molecule has 22 heteroatoms. The molecule has 0 saturated heterocycles. The molecule has 0 amide bonds. The highest BCUT2D eigenvalue weighted by Crippen LogP contribution is 2.63. The van der Waals surface area contributed by atoms with Crippen LogP contribution in [-0.4, -0.2) is 62.2 Å². The summed E-state index contributed by atoms with van der Waals surface area (Å²) in [5.41, 5.74) is 0.0996. The van der Waals surface area contributed by atoms with Gasteiger partial charge < -0.3 is 37.9 Å². The number of nitrogens with zero attached hydrogens (tertiary/aromatic N) is 4. The summed E-state index contributed by atoms with van der Waals surface area (Å²) >= 11 is 4.50. The van der Waals surface area contributed by atoms with Crippen molar-refractivity contribution in [1.29, 1.82) is 10.5 Å².